The van der Waals surface area contributed by atoms with Gasteiger partial charge in [-0.1, -0.05) is 12.1 Å². The van der Waals surface area contributed by atoms with Gasteiger partial charge in [0.05, 0.1) is 0 Å². The van der Waals surface area contributed by atoms with Crippen molar-refractivity contribution >= 4 is 0 Å². The van der Waals surface area contributed by atoms with E-state index in [9.17, 15) is 0 Å². The van der Waals surface area contributed by atoms with Crippen molar-refractivity contribution in [2.24, 2.45) is 0 Å². The van der Waals surface area contributed by atoms with Crippen LogP contribution in [0.2, 0.25) is 0 Å². The summed E-state index contributed by atoms with van der Waals surface area (Å²) in [4.78, 5) is 10.00. The first kappa shape index (κ1) is 6.68. The molecule has 11 heavy (non-hydrogen) atoms. The summed E-state index contributed by atoms with van der Waals surface area (Å²) in [5, 5.41) is 0. The van der Waals surface area contributed by atoms with Crippen LogP contribution in [0.4, 0.5) is 0 Å². The van der Waals surface area contributed by atoms with E-state index in [-0.39, 0.29) is 6.10 Å². The maximum atomic E-state index is 5.00. The van der Waals surface area contributed by atoms with Gasteiger partial charge < -0.3 is 4.89 Å². The molecule has 0 spiro atoms. The van der Waals surface area contributed by atoms with E-state index in [1.165, 1.54) is 11.1 Å². The Bertz CT molecular complexity index is 281. The molecule has 1 aromatic rings. The van der Waals surface area contributed by atoms with E-state index in [0.717, 1.165) is 5.75 Å². The van der Waals surface area contributed by atoms with E-state index in [1.807, 2.05) is 19.1 Å². The van der Waals surface area contributed by atoms with Crippen molar-refractivity contribution in [1.82, 2.24) is 0 Å². The van der Waals surface area contributed by atoms with Crippen LogP contribution in [0.5, 0.6) is 5.75 Å². The minimum atomic E-state index is 0.0752. The molecule has 0 aromatic heterocycles. The smallest absolute Gasteiger partial charge is 0.171 e. The van der Waals surface area contributed by atoms with Gasteiger partial charge in [-0.05, 0) is 25.5 Å². The second-order valence-corrected chi connectivity index (χ2v) is 2.81. The summed E-state index contributed by atoms with van der Waals surface area (Å²) >= 11 is 0. The lowest BCUT2D eigenvalue weighted by Crippen LogP contribution is -1.91. The Labute approximate surface area is 65.7 Å². The van der Waals surface area contributed by atoms with Crippen molar-refractivity contribution in [1.29, 1.82) is 0 Å². The third-order valence-electron chi connectivity index (χ3n) is 1.97. The molecule has 1 unspecified atom stereocenters. The topological polar surface area (TPSA) is 18.5 Å². The second kappa shape index (κ2) is 2.24. The molecular weight excluding hydrogens is 140 g/mol. The summed E-state index contributed by atoms with van der Waals surface area (Å²) in [5.41, 5.74) is 2.40. The average molecular weight is 150 g/mol. The molecule has 0 bridgehead atoms. The zero-order valence-corrected chi connectivity index (χ0v) is 6.63. The summed E-state index contributed by atoms with van der Waals surface area (Å²) < 4.78 is 0. The minimum absolute atomic E-state index is 0.0752. The quantitative estimate of drug-likeness (QED) is 0.528. The fourth-order valence-electron chi connectivity index (χ4n) is 1.42. The van der Waals surface area contributed by atoms with Crippen molar-refractivity contribution in [3.05, 3.63) is 29.3 Å². The summed E-state index contributed by atoms with van der Waals surface area (Å²) in [6.45, 7) is 4.05. The lowest BCUT2D eigenvalue weighted by Gasteiger charge is -2.00. The number of aryl methyl sites for hydroxylation is 1. The van der Waals surface area contributed by atoms with Crippen molar-refractivity contribution in [3.63, 3.8) is 0 Å². The van der Waals surface area contributed by atoms with Crippen molar-refractivity contribution < 1.29 is 9.78 Å². The van der Waals surface area contributed by atoms with E-state index >= 15 is 0 Å². The number of rotatable bonds is 0. The molecule has 0 N–H and O–H groups in total. The van der Waals surface area contributed by atoms with Crippen molar-refractivity contribution in [3.8, 4) is 5.75 Å². The third-order valence-corrected chi connectivity index (χ3v) is 1.97. The zero-order chi connectivity index (χ0) is 7.84. The van der Waals surface area contributed by atoms with E-state index < -0.39 is 0 Å². The highest BCUT2D eigenvalue weighted by Crippen LogP contribution is 2.36. The summed E-state index contributed by atoms with van der Waals surface area (Å²) in [5.74, 6) is 0.859. The van der Waals surface area contributed by atoms with Crippen LogP contribution in [-0.4, -0.2) is 0 Å². The molecule has 2 heteroatoms. The molecule has 0 radical (unpaired) electrons. The summed E-state index contributed by atoms with van der Waals surface area (Å²) in [7, 11) is 0. The van der Waals surface area contributed by atoms with Crippen LogP contribution in [-0.2, 0) is 4.89 Å². The molecule has 1 aliphatic heterocycles. The minimum Gasteiger partial charge on any atom is -0.337 e. The molecule has 1 aliphatic rings. The van der Waals surface area contributed by atoms with Gasteiger partial charge >= 0.3 is 0 Å². The van der Waals surface area contributed by atoms with Crippen LogP contribution in [0.1, 0.15) is 24.2 Å². The predicted molar refractivity (Wildman–Crippen MR) is 41.3 cm³/mol. The normalized spacial score (nSPS) is 21.1. The molecule has 1 aromatic carbocycles. The Balaban J connectivity index is 2.58. The monoisotopic (exact) mass is 150 g/mol. The lowest BCUT2D eigenvalue weighted by molar-refractivity contribution is -0.218. The molecule has 0 saturated carbocycles. The van der Waals surface area contributed by atoms with Gasteiger partial charge in [0.2, 0.25) is 0 Å². The van der Waals surface area contributed by atoms with Gasteiger partial charge in [0.1, 0.15) is 6.10 Å². The van der Waals surface area contributed by atoms with E-state index in [2.05, 4.69) is 13.0 Å². The second-order valence-electron chi connectivity index (χ2n) is 2.81. The Morgan fingerprint density at radius 1 is 1.36 bits per heavy atom. The standard InChI is InChI=1S/C9H10O2/c1-6-4-3-5-8-9(6)7(2)10-11-8/h3-5,7H,1-2H3. The van der Waals surface area contributed by atoms with Gasteiger partial charge in [-0.3, -0.25) is 0 Å². The first-order chi connectivity index (χ1) is 5.29. The Morgan fingerprint density at radius 2 is 2.18 bits per heavy atom. The summed E-state index contributed by atoms with van der Waals surface area (Å²) in [6.07, 6.45) is 0.0752. The van der Waals surface area contributed by atoms with E-state index in [0.29, 0.717) is 0 Å². The number of hydrogen-bond donors (Lipinski definition) is 0. The van der Waals surface area contributed by atoms with Crippen LogP contribution in [0.25, 0.3) is 0 Å². The molecular formula is C9H10O2. The summed E-state index contributed by atoms with van der Waals surface area (Å²) in [6, 6.07) is 5.95. The third kappa shape index (κ3) is 0.906. The predicted octanol–water partition coefficient (Wildman–Crippen LogP) is 2.38. The molecule has 1 atom stereocenters. The number of benzene rings is 1. The zero-order valence-electron chi connectivity index (χ0n) is 6.63. The first-order valence-corrected chi connectivity index (χ1v) is 3.72. The highest BCUT2D eigenvalue weighted by molar-refractivity contribution is 5.42. The van der Waals surface area contributed by atoms with Gasteiger partial charge in [0.25, 0.3) is 0 Å². The van der Waals surface area contributed by atoms with Crippen LogP contribution in [0.3, 0.4) is 0 Å². The van der Waals surface area contributed by atoms with Crippen LogP contribution in [0.15, 0.2) is 18.2 Å². The van der Waals surface area contributed by atoms with Crippen molar-refractivity contribution in [2.75, 3.05) is 0 Å². The lowest BCUT2D eigenvalue weighted by atomic mass is 10.0. The van der Waals surface area contributed by atoms with Gasteiger partial charge in [0.15, 0.2) is 5.75 Å². The maximum Gasteiger partial charge on any atom is 0.171 e. The molecule has 2 nitrogen and oxygen atoms in total. The fourth-order valence-corrected chi connectivity index (χ4v) is 1.42. The van der Waals surface area contributed by atoms with Crippen LogP contribution >= 0.6 is 0 Å². The first-order valence-electron chi connectivity index (χ1n) is 3.72. The number of hydrogen-bond acceptors (Lipinski definition) is 2. The molecule has 58 valence electrons. The Morgan fingerprint density at radius 3 is 2.91 bits per heavy atom. The van der Waals surface area contributed by atoms with E-state index in [4.69, 9.17) is 9.78 Å². The Hall–Kier alpha value is -1.02. The highest BCUT2D eigenvalue weighted by atomic mass is 17.2. The van der Waals surface area contributed by atoms with E-state index in [1.54, 1.807) is 0 Å². The Kier molecular flexibility index (Phi) is 1.36. The SMILES string of the molecule is Cc1cccc2c1C(C)OO2. The largest absolute Gasteiger partial charge is 0.337 e. The molecule has 0 fully saturated rings. The van der Waals surface area contributed by atoms with Crippen molar-refractivity contribution in [2.45, 2.75) is 20.0 Å². The molecule has 0 aliphatic carbocycles. The molecule has 0 saturated heterocycles. The van der Waals surface area contributed by atoms with Crippen LogP contribution in [0, 0.1) is 6.92 Å². The average Bonchev–Trinajstić information content (AvgIpc) is 2.34. The van der Waals surface area contributed by atoms with Gasteiger partial charge in [-0.2, -0.15) is 4.89 Å². The van der Waals surface area contributed by atoms with Crippen LogP contribution < -0.4 is 4.89 Å². The number of fused-ring (bicyclic) bond motifs is 1. The van der Waals surface area contributed by atoms with Gasteiger partial charge in [0, 0.05) is 5.56 Å². The molecule has 1 heterocycles. The molecule has 0 amide bonds. The maximum absolute atomic E-state index is 5.00. The molecule has 2 rings (SSSR count). The highest BCUT2D eigenvalue weighted by Gasteiger charge is 2.23. The van der Waals surface area contributed by atoms with Gasteiger partial charge in [-0.25, -0.2) is 0 Å². The van der Waals surface area contributed by atoms with Gasteiger partial charge in [-0.15, -0.1) is 0 Å². The fraction of sp³-hybridized carbons (Fsp3) is 0.333.